The Kier molecular flexibility index (Phi) is 33.7. The summed E-state index contributed by atoms with van der Waals surface area (Å²) >= 11 is 12.0. The third-order valence-corrected chi connectivity index (χ3v) is 24.8. The van der Waals surface area contributed by atoms with E-state index in [0.29, 0.717) is 91.6 Å². The summed E-state index contributed by atoms with van der Waals surface area (Å²) in [6.45, 7) is -5.45. The van der Waals surface area contributed by atoms with Gasteiger partial charge in [0.2, 0.25) is 0 Å². The van der Waals surface area contributed by atoms with E-state index < -0.39 is 145 Å². The van der Waals surface area contributed by atoms with Crippen molar-refractivity contribution in [2.24, 2.45) is 0 Å². The van der Waals surface area contributed by atoms with E-state index in [2.05, 4.69) is 93.0 Å². The van der Waals surface area contributed by atoms with Gasteiger partial charge in [-0.1, -0.05) is 73.8 Å². The lowest BCUT2D eigenvalue weighted by Gasteiger charge is -2.25. The molecule has 0 radical (unpaired) electrons. The molecule has 4 fully saturated rings. The van der Waals surface area contributed by atoms with Gasteiger partial charge >= 0.3 is 0 Å². The van der Waals surface area contributed by atoms with Crippen LogP contribution in [0.15, 0.2) is 179 Å². The van der Waals surface area contributed by atoms with Crippen LogP contribution in [0.1, 0.15) is 224 Å². The molecule has 4 aromatic heterocycles. The van der Waals surface area contributed by atoms with E-state index in [9.17, 15) is 80.6 Å². The van der Waals surface area contributed by atoms with Gasteiger partial charge in [-0.05, 0) is 220 Å². The maximum Gasteiger partial charge on any atom is 0.254 e. The van der Waals surface area contributed by atoms with Gasteiger partial charge in [0, 0.05) is 86.3 Å². The van der Waals surface area contributed by atoms with Crippen molar-refractivity contribution in [2.75, 3.05) is 75.7 Å². The molecule has 16 rings (SSSR count). The molecule has 8 aromatic carbocycles. The second kappa shape index (κ2) is 48.4. The molecular weight excluding hydrogens is 1970 g/mol. The van der Waals surface area contributed by atoms with Crippen molar-refractivity contribution in [3.63, 3.8) is 0 Å². The van der Waals surface area contributed by atoms with Gasteiger partial charge in [0.1, 0.15) is 99.3 Å². The molecule has 28 nitrogen and oxygen atoms in total. The van der Waals surface area contributed by atoms with Crippen molar-refractivity contribution in [3.05, 3.63) is 304 Å². The Balaban J connectivity index is 0.000000161. The van der Waals surface area contributed by atoms with Crippen molar-refractivity contribution < 1.29 is 106 Å². The average molecular weight is 2080 g/mol. The van der Waals surface area contributed by atoms with Crippen LogP contribution in [0.3, 0.4) is 0 Å². The Morgan fingerprint density at radius 1 is 0.396 bits per heavy atom. The number of ether oxygens (including phenoxy) is 2. The summed E-state index contributed by atoms with van der Waals surface area (Å²) in [4.78, 5) is 86.3. The number of nitrogens with one attached hydrogen (secondary N) is 4. The minimum Gasteiger partial charge on any atom is -0.394 e. The minimum atomic E-state index is -2.99. The molecule has 4 amide bonds. The van der Waals surface area contributed by atoms with E-state index in [-0.39, 0.29) is 136 Å². The first-order valence-electron chi connectivity index (χ1n) is 46.3. The second-order valence-corrected chi connectivity index (χ2v) is 35.4. The van der Waals surface area contributed by atoms with Gasteiger partial charge in [0.15, 0.2) is 0 Å². The fourth-order valence-corrected chi connectivity index (χ4v) is 17.4. The number of amides is 4. The molecular formula is C99H98Br2ClF9N16O12. The zero-order valence-electron chi connectivity index (χ0n) is 78.9. The molecule has 12 aromatic rings. The van der Waals surface area contributed by atoms with Gasteiger partial charge in [0.05, 0.1) is 139 Å². The quantitative estimate of drug-likeness (QED) is 0.0236. The highest BCUT2D eigenvalue weighted by atomic mass is 79.9. The predicted octanol–water partition coefficient (Wildman–Crippen LogP) is 16.3. The Labute approximate surface area is 820 Å². The number of anilines is 4. The molecule has 0 bridgehead atoms. The Bertz CT molecular complexity index is 6620. The number of halogens is 12. The molecule has 2 aliphatic carbocycles. The fourth-order valence-electron chi connectivity index (χ4n) is 16.2. The molecule has 730 valence electrons. The number of hydrogen-bond acceptors (Lipinski definition) is 24. The maximum absolute atomic E-state index is 15.1. The Morgan fingerprint density at radius 3 is 0.978 bits per heavy atom. The van der Waals surface area contributed by atoms with Crippen LogP contribution in [0.5, 0.6) is 0 Å². The van der Waals surface area contributed by atoms with Gasteiger partial charge in [-0.15, -0.1) is 0 Å². The fraction of sp³-hybridized carbons (Fsp3) is 0.313. The molecule has 2 saturated carbocycles. The van der Waals surface area contributed by atoms with Crippen LogP contribution in [0.2, 0.25) is 5.02 Å². The largest absolute Gasteiger partial charge is 0.394 e. The predicted molar refractivity (Wildman–Crippen MR) is 507 cm³/mol. The number of carbonyl (C=O) groups is 4. The summed E-state index contributed by atoms with van der Waals surface area (Å²) in [6, 6.07) is 23.7. The van der Waals surface area contributed by atoms with E-state index in [4.69, 9.17) is 50.9 Å². The number of nitrogens with two attached hydrogens (primary N) is 4. The lowest BCUT2D eigenvalue weighted by atomic mass is 9.85. The van der Waals surface area contributed by atoms with E-state index in [0.717, 1.165) is 123 Å². The van der Waals surface area contributed by atoms with Crippen molar-refractivity contribution in [2.45, 2.75) is 144 Å². The number of alkyl halides is 1. The normalized spacial score (nSPS) is 18.2. The molecule has 2 saturated heterocycles. The number of aliphatic hydroxyl groups is 6. The topological polar surface area (TPSA) is 463 Å². The van der Waals surface area contributed by atoms with Crippen molar-refractivity contribution in [3.8, 4) is 45.0 Å². The molecule has 2 aliphatic heterocycles. The van der Waals surface area contributed by atoms with Crippen LogP contribution in [0.4, 0.5) is 62.8 Å². The van der Waals surface area contributed by atoms with Crippen LogP contribution < -0.4 is 44.2 Å². The molecule has 0 unspecified atom stereocenters. The first-order chi connectivity index (χ1) is 68.4. The second-order valence-electron chi connectivity index (χ2n) is 33.1. The van der Waals surface area contributed by atoms with Gasteiger partial charge in [0.25, 0.3) is 23.6 Å². The summed E-state index contributed by atoms with van der Waals surface area (Å²) in [5, 5.41) is 68.6. The molecule has 4 aliphatic rings. The smallest absolute Gasteiger partial charge is 0.254 e. The molecule has 18 N–H and O–H groups in total. The number of rotatable bonds is 25. The van der Waals surface area contributed by atoms with Crippen LogP contribution in [-0.2, 0) is 16.1 Å². The average Bonchev–Trinajstić information content (AvgIpc) is 0.802. The summed E-state index contributed by atoms with van der Waals surface area (Å²) in [6.07, 6.45) is 12.2. The SMILES string of the molecule is Nc1ncc(C2CCOCC2)nc1-c1ccc(C(=O)N[C@H](CO)c2cc(F)cc(CF)c2)c(F)c1.Nc1ncc(C2CCOCC2)nc1-c1ccc(C(=O)N[C@H](CO)c2cc(F)cc(Cl)c2)c(F)c1.[2H]C([2H])(O)[C@@H](NC(=O)c1ccc(-c2nc(C3CCC(O)CC3)cnc2N)cc1F)c1cc(F)cc(Br)c1.[2H]C1(O)CCC(c2cnc(N)c(-c3ccc(C(=O)N[C@@H](c4cc(F)cc(Br)c4)C([2H])([2H])O)c(F)c3)n2)CC1. The molecule has 40 heteroatoms. The number of carbonyl (C=O) groups excluding carboxylic acids is 4. The number of aliphatic hydroxyl groups excluding tert-OH is 3. The number of benzene rings is 8. The first-order valence-corrected chi connectivity index (χ1v) is 45.7. The number of nitrogens with zero attached hydrogens (tertiary/aromatic N) is 8. The molecule has 139 heavy (non-hydrogen) atoms. The maximum atomic E-state index is 15.1. The highest BCUT2D eigenvalue weighted by Crippen LogP contribution is 2.40. The van der Waals surface area contributed by atoms with Crippen LogP contribution in [0.25, 0.3) is 45.0 Å². The van der Waals surface area contributed by atoms with E-state index >= 15 is 8.78 Å². The number of nitrogen functional groups attached to an aromatic ring is 4. The zero-order chi connectivity index (χ0) is 104. The van der Waals surface area contributed by atoms with Gasteiger partial charge in [-0.2, -0.15) is 0 Å². The third-order valence-electron chi connectivity index (χ3n) is 23.6. The highest BCUT2D eigenvalue weighted by molar-refractivity contribution is 9.10. The minimum absolute atomic E-state index is 0.0448. The monoisotopic (exact) mass is 2070 g/mol. The number of aromatic nitrogens is 8. The standard InChI is InChI=1S/2C25H25BrF2N4O3.C25H25F3N4O3.C24H23ClF2N4O3/c2*26-16-7-15(8-17(27)10-16)22(12-33)32-25(35)19-6-3-14(9-20(19)28)23-24(29)30-11-21(31-23)13-1-4-18(34)5-2-13;26-11-14-7-17(9-18(27)8-14)22(13-33)32-25(34)19-2-1-16(10-20(19)28)23-24(29)30-12-21(31-23)15-3-5-35-6-4-15;25-16-7-15(8-17(26)10-16)21(12-32)31-24(33)18-2-1-14(9-19(18)27)22-23(28)29-11-20(30-22)13-3-5-34-6-4-13/h2*3,6-11,13,18,22,33-34H,1-2,4-5,12H2,(H2,29,30)(H,32,35);1-2,7-10,12,15,22,33H,3-6,11,13H2,(H2,29,30)(H,32,34);1-2,7-11,13,21,32H,3-6,12H2,(H2,28,29)(H,31,33)/t2*13?,18?,22-;22-;21-/m1111/s1/i12D2,18D;12D2;;. The lowest BCUT2D eigenvalue weighted by molar-refractivity contribution is 0.0843. The molecule has 6 heterocycles. The highest BCUT2D eigenvalue weighted by Gasteiger charge is 2.31. The summed E-state index contributed by atoms with van der Waals surface area (Å²) < 4.78 is 178. The molecule has 4 atom stereocenters. The summed E-state index contributed by atoms with van der Waals surface area (Å²) in [5.41, 5.74) is 28.1. The van der Waals surface area contributed by atoms with Gasteiger partial charge < -0.3 is 84.3 Å². The van der Waals surface area contributed by atoms with E-state index in [1.807, 2.05) is 0 Å². The van der Waals surface area contributed by atoms with Crippen LogP contribution in [0, 0.1) is 46.5 Å². The van der Waals surface area contributed by atoms with Crippen molar-refractivity contribution >= 4 is 90.4 Å². The number of hydrogen-bond donors (Lipinski definition) is 14. The Morgan fingerprint density at radius 2 is 0.683 bits per heavy atom. The van der Waals surface area contributed by atoms with Crippen molar-refractivity contribution in [1.29, 1.82) is 0 Å². The summed E-state index contributed by atoms with van der Waals surface area (Å²) in [7, 11) is 0. The zero-order valence-corrected chi connectivity index (χ0v) is 77.8. The van der Waals surface area contributed by atoms with Gasteiger partial charge in [-0.25, -0.2) is 79.4 Å². The first kappa shape index (κ1) is 96.7. The van der Waals surface area contributed by atoms with Crippen molar-refractivity contribution in [1.82, 2.24) is 61.1 Å². The molecule has 0 spiro atoms. The lowest BCUT2D eigenvalue weighted by Crippen LogP contribution is -2.31. The van der Waals surface area contributed by atoms with Gasteiger partial charge in [-0.3, -0.25) is 19.2 Å². The summed E-state index contributed by atoms with van der Waals surface area (Å²) in [5.74, 6) is -9.13. The van der Waals surface area contributed by atoms with E-state index in [1.165, 1.54) is 79.0 Å². The van der Waals surface area contributed by atoms with Crippen LogP contribution >= 0.6 is 43.5 Å². The Hall–Kier alpha value is -12.5. The van der Waals surface area contributed by atoms with Crippen LogP contribution in [-0.4, -0.2) is 159 Å². The third kappa shape index (κ3) is 27.1. The van der Waals surface area contributed by atoms with E-state index in [1.54, 1.807) is 18.6 Å².